The summed E-state index contributed by atoms with van der Waals surface area (Å²) in [7, 11) is 0. The molecule has 0 aliphatic carbocycles. The highest BCUT2D eigenvalue weighted by atomic mass is 16.5. The van der Waals surface area contributed by atoms with E-state index in [0.29, 0.717) is 6.54 Å². The third-order valence-electron chi connectivity index (χ3n) is 4.36. The van der Waals surface area contributed by atoms with Crippen LogP contribution in [0.15, 0.2) is 42.5 Å². The van der Waals surface area contributed by atoms with Crippen molar-refractivity contribution in [1.29, 1.82) is 0 Å². The maximum absolute atomic E-state index is 10.5. The van der Waals surface area contributed by atoms with Crippen molar-refractivity contribution in [1.82, 2.24) is 9.55 Å². The molecule has 1 unspecified atom stereocenters. The maximum Gasteiger partial charge on any atom is 0.122 e. The number of aryl methyl sites for hydroxylation is 3. The first kappa shape index (κ1) is 17.5. The predicted octanol–water partition coefficient (Wildman–Crippen LogP) is 4.05. The van der Waals surface area contributed by atoms with E-state index < -0.39 is 6.10 Å². The van der Waals surface area contributed by atoms with Gasteiger partial charge in [-0.05, 0) is 44.0 Å². The molecule has 0 aliphatic heterocycles. The van der Waals surface area contributed by atoms with Crippen molar-refractivity contribution in [3.05, 3.63) is 59.4 Å². The lowest BCUT2D eigenvalue weighted by molar-refractivity contribution is 0.0924. The number of benzene rings is 2. The van der Waals surface area contributed by atoms with Crippen LogP contribution in [0.3, 0.4) is 0 Å². The minimum atomic E-state index is -0.589. The van der Waals surface area contributed by atoms with E-state index in [0.717, 1.165) is 41.0 Å². The quantitative estimate of drug-likeness (QED) is 0.707. The van der Waals surface area contributed by atoms with E-state index >= 15 is 0 Å². The van der Waals surface area contributed by atoms with E-state index in [-0.39, 0.29) is 6.61 Å². The lowest BCUT2D eigenvalue weighted by Crippen LogP contribution is -2.24. The fraction of sp³-hybridized carbons (Fsp3) is 0.381. The van der Waals surface area contributed by atoms with Crippen molar-refractivity contribution in [2.45, 2.75) is 46.3 Å². The van der Waals surface area contributed by atoms with Gasteiger partial charge in [-0.25, -0.2) is 4.98 Å². The Kier molecular flexibility index (Phi) is 5.39. The topological polar surface area (TPSA) is 47.3 Å². The molecule has 1 N–H and O–H groups in total. The van der Waals surface area contributed by atoms with E-state index in [1.807, 2.05) is 37.3 Å². The number of ether oxygens (including phenoxy) is 1. The van der Waals surface area contributed by atoms with Crippen LogP contribution in [0.4, 0.5) is 0 Å². The molecule has 4 heteroatoms. The van der Waals surface area contributed by atoms with Gasteiger partial charge in [0.15, 0.2) is 0 Å². The van der Waals surface area contributed by atoms with Gasteiger partial charge in [-0.2, -0.15) is 0 Å². The number of hydrogen-bond acceptors (Lipinski definition) is 3. The Morgan fingerprint density at radius 1 is 1.16 bits per heavy atom. The Hall–Kier alpha value is -2.33. The molecule has 0 amide bonds. The molecule has 0 aliphatic rings. The van der Waals surface area contributed by atoms with Crippen molar-refractivity contribution in [3.8, 4) is 5.75 Å². The largest absolute Gasteiger partial charge is 0.491 e. The molecule has 3 aromatic rings. The second-order valence-corrected chi connectivity index (χ2v) is 6.61. The zero-order valence-corrected chi connectivity index (χ0v) is 15.2. The van der Waals surface area contributed by atoms with E-state index in [1.165, 1.54) is 5.56 Å². The van der Waals surface area contributed by atoms with Crippen LogP contribution in [-0.2, 0) is 13.0 Å². The molecule has 0 fully saturated rings. The Morgan fingerprint density at radius 2 is 1.96 bits per heavy atom. The van der Waals surface area contributed by atoms with E-state index in [4.69, 9.17) is 9.72 Å². The first-order valence-corrected chi connectivity index (χ1v) is 8.90. The SMILES string of the molecule is CCCc1nc2ccccc2n1CC(O)COc1ccc(C)cc1C. The summed E-state index contributed by atoms with van der Waals surface area (Å²) in [6, 6.07) is 14.2. The third-order valence-corrected chi connectivity index (χ3v) is 4.36. The highest BCUT2D eigenvalue weighted by Gasteiger charge is 2.14. The molecule has 2 aromatic carbocycles. The van der Waals surface area contributed by atoms with E-state index in [9.17, 15) is 5.11 Å². The van der Waals surface area contributed by atoms with E-state index in [2.05, 4.69) is 30.5 Å². The molecule has 132 valence electrons. The van der Waals surface area contributed by atoms with Crippen LogP contribution in [0.1, 0.15) is 30.3 Å². The van der Waals surface area contributed by atoms with Crippen LogP contribution in [0.2, 0.25) is 0 Å². The fourth-order valence-corrected chi connectivity index (χ4v) is 3.15. The summed E-state index contributed by atoms with van der Waals surface area (Å²) in [5.74, 6) is 1.85. The standard InChI is InChI=1S/C21H26N2O2/c1-4-7-21-22-18-8-5-6-9-19(18)23(21)13-17(24)14-25-20-11-10-15(2)12-16(20)3/h5-6,8-12,17,24H,4,7,13-14H2,1-3H3. The van der Waals surface area contributed by atoms with Crippen molar-refractivity contribution in [3.63, 3.8) is 0 Å². The molecule has 1 atom stereocenters. The zero-order valence-electron chi connectivity index (χ0n) is 15.2. The van der Waals surface area contributed by atoms with Gasteiger partial charge in [0.1, 0.15) is 24.3 Å². The number of aliphatic hydroxyl groups is 1. The molecule has 3 rings (SSSR count). The Balaban J connectivity index is 1.73. The average molecular weight is 338 g/mol. The average Bonchev–Trinajstić information content (AvgIpc) is 2.92. The minimum Gasteiger partial charge on any atom is -0.491 e. The molecule has 0 saturated heterocycles. The maximum atomic E-state index is 10.5. The van der Waals surface area contributed by atoms with Gasteiger partial charge in [-0.3, -0.25) is 0 Å². The minimum absolute atomic E-state index is 0.266. The van der Waals surface area contributed by atoms with E-state index in [1.54, 1.807) is 0 Å². The van der Waals surface area contributed by atoms with Gasteiger partial charge >= 0.3 is 0 Å². The van der Waals surface area contributed by atoms with Gasteiger partial charge in [0.25, 0.3) is 0 Å². The van der Waals surface area contributed by atoms with Gasteiger partial charge in [0, 0.05) is 6.42 Å². The highest BCUT2D eigenvalue weighted by Crippen LogP contribution is 2.20. The second kappa shape index (κ2) is 7.70. The number of rotatable bonds is 7. The molecule has 4 nitrogen and oxygen atoms in total. The number of nitrogens with zero attached hydrogens (tertiary/aromatic N) is 2. The van der Waals surface area contributed by atoms with Crippen LogP contribution in [0, 0.1) is 13.8 Å². The summed E-state index contributed by atoms with van der Waals surface area (Å²) in [4.78, 5) is 4.71. The lowest BCUT2D eigenvalue weighted by atomic mass is 10.1. The number of imidazole rings is 1. The van der Waals surface area contributed by atoms with Gasteiger partial charge in [0.05, 0.1) is 17.6 Å². The lowest BCUT2D eigenvalue weighted by Gasteiger charge is -2.16. The summed E-state index contributed by atoms with van der Waals surface area (Å²) in [5.41, 5.74) is 4.34. The molecule has 1 heterocycles. The van der Waals surface area contributed by atoms with Gasteiger partial charge in [-0.15, -0.1) is 0 Å². The van der Waals surface area contributed by atoms with Crippen molar-refractivity contribution < 1.29 is 9.84 Å². The number of para-hydroxylation sites is 2. The molecule has 0 saturated carbocycles. The van der Waals surface area contributed by atoms with Gasteiger partial charge in [0.2, 0.25) is 0 Å². The molecular formula is C21H26N2O2. The van der Waals surface area contributed by atoms with Crippen molar-refractivity contribution in [2.24, 2.45) is 0 Å². The third kappa shape index (κ3) is 4.02. The fourth-order valence-electron chi connectivity index (χ4n) is 3.15. The highest BCUT2D eigenvalue weighted by molar-refractivity contribution is 5.75. The molecule has 25 heavy (non-hydrogen) atoms. The Morgan fingerprint density at radius 3 is 2.72 bits per heavy atom. The molecule has 1 aromatic heterocycles. The van der Waals surface area contributed by atoms with Crippen molar-refractivity contribution in [2.75, 3.05) is 6.61 Å². The van der Waals surface area contributed by atoms with Gasteiger partial charge in [-0.1, -0.05) is 36.8 Å². The second-order valence-electron chi connectivity index (χ2n) is 6.61. The summed E-state index contributed by atoms with van der Waals surface area (Å²) in [6.07, 6.45) is 1.34. The monoisotopic (exact) mass is 338 g/mol. The number of hydrogen-bond donors (Lipinski definition) is 1. The first-order chi connectivity index (χ1) is 12.1. The molecule has 0 spiro atoms. The Bertz CT molecular complexity index is 854. The van der Waals surface area contributed by atoms with Crippen LogP contribution < -0.4 is 4.74 Å². The van der Waals surface area contributed by atoms with Crippen LogP contribution in [0.5, 0.6) is 5.75 Å². The molecule has 0 radical (unpaired) electrons. The van der Waals surface area contributed by atoms with Crippen LogP contribution in [-0.4, -0.2) is 27.4 Å². The number of fused-ring (bicyclic) bond motifs is 1. The summed E-state index contributed by atoms with van der Waals surface area (Å²) >= 11 is 0. The van der Waals surface area contributed by atoms with Crippen molar-refractivity contribution >= 4 is 11.0 Å². The summed E-state index contributed by atoms with van der Waals surface area (Å²) in [5, 5.41) is 10.5. The molecular weight excluding hydrogens is 312 g/mol. The summed E-state index contributed by atoms with van der Waals surface area (Å²) < 4.78 is 7.95. The van der Waals surface area contributed by atoms with Crippen LogP contribution >= 0.6 is 0 Å². The zero-order chi connectivity index (χ0) is 17.8. The smallest absolute Gasteiger partial charge is 0.122 e. The van der Waals surface area contributed by atoms with Gasteiger partial charge < -0.3 is 14.4 Å². The van der Waals surface area contributed by atoms with Crippen LogP contribution in [0.25, 0.3) is 11.0 Å². The first-order valence-electron chi connectivity index (χ1n) is 8.90. The normalized spacial score (nSPS) is 12.5. The Labute approximate surface area is 149 Å². The number of aromatic nitrogens is 2. The molecule has 0 bridgehead atoms. The number of aliphatic hydroxyl groups excluding tert-OH is 1. The summed E-state index contributed by atoms with van der Waals surface area (Å²) in [6.45, 7) is 6.98. The predicted molar refractivity (Wildman–Crippen MR) is 101 cm³/mol.